The monoisotopic (exact) mass is 375 g/mol. The lowest BCUT2D eigenvalue weighted by atomic mass is 10.3. The Morgan fingerprint density at radius 2 is 1.80 bits per heavy atom. The van der Waals surface area contributed by atoms with Crippen LogP contribution in [0.3, 0.4) is 0 Å². The molecule has 6 heteroatoms. The number of ether oxygens (including phenoxy) is 1. The van der Waals surface area contributed by atoms with Gasteiger partial charge in [-0.05, 0) is 50.2 Å². The van der Waals surface area contributed by atoms with Crippen LogP contribution in [0.2, 0.25) is 5.02 Å². The summed E-state index contributed by atoms with van der Waals surface area (Å²) in [5.41, 5.74) is 1.47. The largest absolute Gasteiger partial charge is 0.452 e. The second kappa shape index (κ2) is 9.30. The van der Waals surface area contributed by atoms with Crippen LogP contribution in [0.15, 0.2) is 70.0 Å². The summed E-state index contributed by atoms with van der Waals surface area (Å²) in [5.74, 6) is -0.918. The predicted molar refractivity (Wildman–Crippen MR) is 101 cm³/mol. The van der Waals surface area contributed by atoms with Gasteiger partial charge < -0.3 is 10.1 Å². The third-order valence-corrected chi connectivity index (χ3v) is 4.29. The third-order valence-electron chi connectivity index (χ3n) is 2.95. The highest BCUT2D eigenvalue weighted by Gasteiger charge is 2.10. The Morgan fingerprint density at radius 1 is 1.12 bits per heavy atom. The number of halogens is 1. The van der Waals surface area contributed by atoms with E-state index in [4.69, 9.17) is 16.3 Å². The molecule has 0 spiro atoms. The van der Waals surface area contributed by atoms with Gasteiger partial charge in [-0.1, -0.05) is 41.1 Å². The van der Waals surface area contributed by atoms with Gasteiger partial charge in [0.05, 0.1) is 5.69 Å². The molecule has 0 bridgehead atoms. The molecule has 1 N–H and O–H groups in total. The molecule has 25 heavy (non-hydrogen) atoms. The van der Waals surface area contributed by atoms with Crippen molar-refractivity contribution in [3.05, 3.63) is 65.2 Å². The number of amides is 1. The number of hydrogen-bond acceptors (Lipinski definition) is 4. The van der Waals surface area contributed by atoms with Crippen LogP contribution < -0.4 is 5.32 Å². The molecule has 0 radical (unpaired) electrons. The minimum absolute atomic E-state index is 0.331. The van der Waals surface area contributed by atoms with Crippen LogP contribution in [-0.4, -0.2) is 18.5 Å². The standard InChI is InChI=1S/C19H18ClNO3S/c1-13(2)11-19(23)24-12-18(22)21-16-5-3-4-6-17(16)25-15-9-7-14(20)8-10-15/h3-11H,12H2,1-2H3,(H,21,22). The summed E-state index contributed by atoms with van der Waals surface area (Å²) in [6.45, 7) is 3.24. The zero-order chi connectivity index (χ0) is 18.2. The van der Waals surface area contributed by atoms with Crippen molar-refractivity contribution < 1.29 is 14.3 Å². The molecular weight excluding hydrogens is 358 g/mol. The third kappa shape index (κ3) is 6.64. The molecule has 2 rings (SSSR count). The maximum Gasteiger partial charge on any atom is 0.331 e. The molecule has 0 saturated heterocycles. The summed E-state index contributed by atoms with van der Waals surface area (Å²) in [4.78, 5) is 25.4. The Balaban J connectivity index is 2.00. The van der Waals surface area contributed by atoms with E-state index in [9.17, 15) is 9.59 Å². The second-order valence-corrected chi connectivity index (χ2v) is 6.98. The van der Waals surface area contributed by atoms with Crippen molar-refractivity contribution in [2.45, 2.75) is 23.6 Å². The number of carbonyl (C=O) groups excluding carboxylic acids is 2. The Hall–Kier alpha value is -2.24. The first-order chi connectivity index (χ1) is 11.9. The van der Waals surface area contributed by atoms with Gasteiger partial charge in [-0.15, -0.1) is 0 Å². The van der Waals surface area contributed by atoms with E-state index in [0.717, 1.165) is 15.4 Å². The fraction of sp³-hybridized carbons (Fsp3) is 0.158. The number of para-hydroxylation sites is 1. The molecule has 0 atom stereocenters. The van der Waals surface area contributed by atoms with Crippen molar-refractivity contribution in [2.24, 2.45) is 0 Å². The summed E-state index contributed by atoms with van der Waals surface area (Å²) in [5, 5.41) is 3.44. The lowest BCUT2D eigenvalue weighted by Gasteiger charge is -2.11. The average Bonchev–Trinajstić information content (AvgIpc) is 2.56. The molecule has 130 valence electrons. The van der Waals surface area contributed by atoms with Gasteiger partial charge in [-0.25, -0.2) is 4.79 Å². The molecule has 1 amide bonds. The molecule has 2 aromatic carbocycles. The van der Waals surface area contributed by atoms with Crippen molar-refractivity contribution in [2.75, 3.05) is 11.9 Å². The molecule has 0 aliphatic rings. The number of allylic oxidation sites excluding steroid dienone is 1. The van der Waals surface area contributed by atoms with Gasteiger partial charge >= 0.3 is 5.97 Å². The summed E-state index contributed by atoms with van der Waals surface area (Å²) < 4.78 is 4.91. The van der Waals surface area contributed by atoms with E-state index in [1.807, 2.05) is 42.5 Å². The van der Waals surface area contributed by atoms with Gasteiger partial charge in [-0.2, -0.15) is 0 Å². The van der Waals surface area contributed by atoms with E-state index < -0.39 is 5.97 Å². The van der Waals surface area contributed by atoms with Gasteiger partial charge in [0, 0.05) is 20.9 Å². The van der Waals surface area contributed by atoms with E-state index in [1.165, 1.54) is 17.8 Å². The van der Waals surface area contributed by atoms with Gasteiger partial charge in [-0.3, -0.25) is 4.79 Å². The number of rotatable bonds is 6. The van der Waals surface area contributed by atoms with Crippen LogP contribution in [0, 0.1) is 0 Å². The number of carbonyl (C=O) groups is 2. The van der Waals surface area contributed by atoms with Crippen molar-refractivity contribution in [3.63, 3.8) is 0 Å². The highest BCUT2D eigenvalue weighted by atomic mass is 35.5. The topological polar surface area (TPSA) is 55.4 Å². The van der Waals surface area contributed by atoms with Gasteiger partial charge in [0.2, 0.25) is 0 Å². The van der Waals surface area contributed by atoms with Crippen LogP contribution in [-0.2, 0) is 14.3 Å². The first-order valence-electron chi connectivity index (χ1n) is 7.58. The predicted octanol–water partition coefficient (Wildman–Crippen LogP) is 4.94. The lowest BCUT2D eigenvalue weighted by Crippen LogP contribution is -2.20. The van der Waals surface area contributed by atoms with Crippen LogP contribution in [0.25, 0.3) is 0 Å². The van der Waals surface area contributed by atoms with Gasteiger partial charge in [0.1, 0.15) is 0 Å². The van der Waals surface area contributed by atoms with E-state index in [-0.39, 0.29) is 12.5 Å². The quantitative estimate of drug-likeness (QED) is 0.574. The molecule has 2 aromatic rings. The fourth-order valence-electron chi connectivity index (χ4n) is 1.89. The number of esters is 1. The molecule has 0 aliphatic heterocycles. The minimum atomic E-state index is -0.529. The number of benzene rings is 2. The summed E-state index contributed by atoms with van der Waals surface area (Å²) in [6, 6.07) is 14.9. The summed E-state index contributed by atoms with van der Waals surface area (Å²) in [7, 11) is 0. The maximum atomic E-state index is 12.0. The van der Waals surface area contributed by atoms with E-state index in [0.29, 0.717) is 10.7 Å². The number of anilines is 1. The second-order valence-electron chi connectivity index (χ2n) is 5.43. The number of hydrogen-bond donors (Lipinski definition) is 1. The van der Waals surface area contributed by atoms with Crippen LogP contribution in [0.1, 0.15) is 13.8 Å². The highest BCUT2D eigenvalue weighted by Crippen LogP contribution is 2.33. The molecule has 0 saturated carbocycles. The zero-order valence-electron chi connectivity index (χ0n) is 13.9. The fourth-order valence-corrected chi connectivity index (χ4v) is 2.92. The smallest absolute Gasteiger partial charge is 0.331 e. The molecular formula is C19H18ClNO3S. The Morgan fingerprint density at radius 3 is 2.48 bits per heavy atom. The van der Waals surface area contributed by atoms with Crippen molar-refractivity contribution in [1.82, 2.24) is 0 Å². The van der Waals surface area contributed by atoms with E-state index in [1.54, 1.807) is 19.9 Å². The van der Waals surface area contributed by atoms with Gasteiger partial charge in [0.25, 0.3) is 5.91 Å². The zero-order valence-corrected chi connectivity index (χ0v) is 15.5. The highest BCUT2D eigenvalue weighted by molar-refractivity contribution is 7.99. The summed E-state index contributed by atoms with van der Waals surface area (Å²) in [6.07, 6.45) is 1.34. The molecule has 0 aliphatic carbocycles. The molecule has 4 nitrogen and oxygen atoms in total. The Kier molecular flexibility index (Phi) is 7.10. The SMILES string of the molecule is CC(C)=CC(=O)OCC(=O)Nc1ccccc1Sc1ccc(Cl)cc1. The molecule has 0 fully saturated rings. The van der Waals surface area contributed by atoms with Crippen molar-refractivity contribution in [1.29, 1.82) is 0 Å². The van der Waals surface area contributed by atoms with Crippen LogP contribution in [0.4, 0.5) is 5.69 Å². The van der Waals surface area contributed by atoms with Crippen molar-refractivity contribution >= 4 is 40.9 Å². The first kappa shape index (κ1) is 19.1. The summed E-state index contributed by atoms with van der Waals surface area (Å²) >= 11 is 7.40. The van der Waals surface area contributed by atoms with E-state index in [2.05, 4.69) is 5.32 Å². The normalized spacial score (nSPS) is 10.0. The maximum absolute atomic E-state index is 12.0. The molecule has 0 unspecified atom stereocenters. The van der Waals surface area contributed by atoms with Crippen LogP contribution in [0.5, 0.6) is 0 Å². The first-order valence-corrected chi connectivity index (χ1v) is 8.77. The molecule has 0 heterocycles. The van der Waals surface area contributed by atoms with Gasteiger partial charge in [0.15, 0.2) is 6.61 Å². The van der Waals surface area contributed by atoms with E-state index >= 15 is 0 Å². The lowest BCUT2D eigenvalue weighted by molar-refractivity contribution is -0.142. The Labute approximate surface area is 156 Å². The minimum Gasteiger partial charge on any atom is -0.452 e. The van der Waals surface area contributed by atoms with Crippen molar-refractivity contribution in [3.8, 4) is 0 Å². The van der Waals surface area contributed by atoms with Crippen LogP contribution >= 0.6 is 23.4 Å². The molecule has 0 aromatic heterocycles. The Bertz CT molecular complexity index is 784. The average molecular weight is 376 g/mol. The number of nitrogens with one attached hydrogen (secondary N) is 1.